The Kier molecular flexibility index (Phi) is 4.19. The second-order valence-corrected chi connectivity index (χ2v) is 5.40. The Hall–Kier alpha value is -1.43. The number of piperidine rings is 1. The third-order valence-electron chi connectivity index (χ3n) is 3.72. The largest absolute Gasteiger partial charge is 0.390 e. The number of hydrogen-bond donors (Lipinski definition) is 3. The molecular weight excluding hydrogens is 242 g/mol. The summed E-state index contributed by atoms with van der Waals surface area (Å²) in [5.74, 6) is 4.93. The van der Waals surface area contributed by atoms with Crippen LogP contribution in [0.4, 0.5) is 0 Å². The quantitative estimate of drug-likeness (QED) is 0.425. The summed E-state index contributed by atoms with van der Waals surface area (Å²) < 4.78 is 0. The highest BCUT2D eigenvalue weighted by atomic mass is 16.3. The second kappa shape index (κ2) is 5.69. The fourth-order valence-corrected chi connectivity index (χ4v) is 2.39. The van der Waals surface area contributed by atoms with E-state index in [2.05, 4.69) is 10.3 Å². The Morgan fingerprint density at radius 1 is 1.42 bits per heavy atom. The number of nitrogens with two attached hydrogens (primary N) is 1. The second-order valence-electron chi connectivity index (χ2n) is 5.40. The molecule has 0 atom stereocenters. The summed E-state index contributed by atoms with van der Waals surface area (Å²) in [6.07, 6.45) is 1.52. The number of nitrogen functional groups attached to an aromatic ring is 1. The van der Waals surface area contributed by atoms with E-state index in [0.29, 0.717) is 12.1 Å². The van der Waals surface area contributed by atoms with Gasteiger partial charge in [-0.1, -0.05) is 18.2 Å². The summed E-state index contributed by atoms with van der Waals surface area (Å²) in [6.45, 7) is 4.26. The Morgan fingerprint density at radius 3 is 2.68 bits per heavy atom. The molecule has 5 nitrogen and oxygen atoms in total. The van der Waals surface area contributed by atoms with Gasteiger partial charge in [0.15, 0.2) is 0 Å². The van der Waals surface area contributed by atoms with E-state index in [1.807, 2.05) is 25.1 Å². The molecule has 0 radical (unpaired) electrons. The number of carbonyl (C=O) groups excluding carboxylic acids is 1. The number of amides is 1. The highest BCUT2D eigenvalue weighted by Crippen LogP contribution is 2.23. The van der Waals surface area contributed by atoms with E-state index in [0.717, 1.165) is 31.5 Å². The Morgan fingerprint density at radius 2 is 2.05 bits per heavy atom. The minimum atomic E-state index is -0.551. The molecule has 4 N–H and O–H groups in total. The fourth-order valence-electron chi connectivity index (χ4n) is 2.39. The molecule has 1 aliphatic rings. The SMILES string of the molecule is CC1(O)CCN(Cc2ccccc2C(=O)NN)CC1. The van der Waals surface area contributed by atoms with Crippen LogP contribution in [0.3, 0.4) is 0 Å². The summed E-state index contributed by atoms with van der Waals surface area (Å²) in [7, 11) is 0. The number of rotatable bonds is 3. The zero-order valence-corrected chi connectivity index (χ0v) is 11.2. The summed E-state index contributed by atoms with van der Waals surface area (Å²) in [5, 5.41) is 9.93. The number of hydrogen-bond acceptors (Lipinski definition) is 4. The molecule has 0 saturated carbocycles. The number of likely N-dealkylation sites (tertiary alicyclic amines) is 1. The highest BCUT2D eigenvalue weighted by Gasteiger charge is 2.27. The van der Waals surface area contributed by atoms with Gasteiger partial charge in [-0.05, 0) is 31.4 Å². The van der Waals surface area contributed by atoms with Gasteiger partial charge < -0.3 is 5.11 Å². The van der Waals surface area contributed by atoms with Gasteiger partial charge in [-0.3, -0.25) is 15.1 Å². The Bertz CT molecular complexity index is 450. The number of carbonyl (C=O) groups is 1. The van der Waals surface area contributed by atoms with Crippen LogP contribution in [-0.2, 0) is 6.54 Å². The average Bonchev–Trinajstić information content (AvgIpc) is 2.41. The third kappa shape index (κ3) is 3.53. The van der Waals surface area contributed by atoms with Gasteiger partial charge in [0.05, 0.1) is 5.60 Å². The van der Waals surface area contributed by atoms with Gasteiger partial charge in [-0.25, -0.2) is 5.84 Å². The third-order valence-corrected chi connectivity index (χ3v) is 3.72. The first-order valence-corrected chi connectivity index (χ1v) is 6.55. The maximum Gasteiger partial charge on any atom is 0.265 e. The van der Waals surface area contributed by atoms with Gasteiger partial charge in [0, 0.05) is 25.2 Å². The number of nitrogens with one attached hydrogen (secondary N) is 1. The van der Waals surface area contributed by atoms with Gasteiger partial charge >= 0.3 is 0 Å². The van der Waals surface area contributed by atoms with Crippen LogP contribution in [0.5, 0.6) is 0 Å². The van der Waals surface area contributed by atoms with Crippen LogP contribution in [0.25, 0.3) is 0 Å². The molecule has 1 fully saturated rings. The number of benzene rings is 1. The molecule has 1 aromatic rings. The molecule has 0 aliphatic carbocycles. The lowest BCUT2D eigenvalue weighted by atomic mass is 9.93. The zero-order chi connectivity index (χ0) is 13.9. The molecular formula is C14H21N3O2. The Balaban J connectivity index is 2.06. The van der Waals surface area contributed by atoms with E-state index in [-0.39, 0.29) is 5.91 Å². The van der Waals surface area contributed by atoms with Crippen LogP contribution >= 0.6 is 0 Å². The summed E-state index contributed by atoms with van der Waals surface area (Å²) in [5.41, 5.74) is 3.20. The number of nitrogens with zero attached hydrogens (tertiary/aromatic N) is 1. The van der Waals surface area contributed by atoms with Crippen molar-refractivity contribution in [1.29, 1.82) is 0 Å². The lowest BCUT2D eigenvalue weighted by molar-refractivity contribution is -0.00736. The fraction of sp³-hybridized carbons (Fsp3) is 0.500. The lowest BCUT2D eigenvalue weighted by Gasteiger charge is -2.36. The van der Waals surface area contributed by atoms with E-state index < -0.39 is 5.60 Å². The van der Waals surface area contributed by atoms with Crippen LogP contribution in [0.2, 0.25) is 0 Å². The normalized spacial score (nSPS) is 19.1. The first kappa shape index (κ1) is 14.0. The topological polar surface area (TPSA) is 78.6 Å². The molecule has 0 spiro atoms. The predicted molar refractivity (Wildman–Crippen MR) is 73.2 cm³/mol. The molecule has 1 heterocycles. The van der Waals surface area contributed by atoms with Gasteiger partial charge in [-0.2, -0.15) is 0 Å². The van der Waals surface area contributed by atoms with Crippen LogP contribution < -0.4 is 11.3 Å². The van der Waals surface area contributed by atoms with Crippen molar-refractivity contribution >= 4 is 5.91 Å². The van der Waals surface area contributed by atoms with Gasteiger partial charge in [0.2, 0.25) is 0 Å². The van der Waals surface area contributed by atoms with Crippen molar-refractivity contribution in [3.05, 3.63) is 35.4 Å². The van der Waals surface area contributed by atoms with E-state index in [1.54, 1.807) is 6.07 Å². The summed E-state index contributed by atoms with van der Waals surface area (Å²) in [6, 6.07) is 7.47. The van der Waals surface area contributed by atoms with E-state index in [9.17, 15) is 9.90 Å². The smallest absolute Gasteiger partial charge is 0.265 e. The molecule has 1 aliphatic heterocycles. The van der Waals surface area contributed by atoms with Crippen molar-refractivity contribution in [2.45, 2.75) is 31.9 Å². The molecule has 1 saturated heterocycles. The standard InChI is InChI=1S/C14H21N3O2/c1-14(19)6-8-17(9-7-14)10-11-4-2-3-5-12(11)13(18)16-15/h2-5,19H,6-10,15H2,1H3,(H,16,18). The maximum atomic E-state index is 11.7. The first-order chi connectivity index (χ1) is 9.02. The van der Waals surface area contributed by atoms with Crippen molar-refractivity contribution in [3.63, 3.8) is 0 Å². The van der Waals surface area contributed by atoms with Crippen LogP contribution in [-0.4, -0.2) is 34.6 Å². The zero-order valence-electron chi connectivity index (χ0n) is 11.2. The highest BCUT2D eigenvalue weighted by molar-refractivity contribution is 5.95. The molecule has 1 aromatic carbocycles. The van der Waals surface area contributed by atoms with Crippen LogP contribution in [0, 0.1) is 0 Å². The van der Waals surface area contributed by atoms with Crippen LogP contribution in [0.15, 0.2) is 24.3 Å². The van der Waals surface area contributed by atoms with Gasteiger partial charge in [0.25, 0.3) is 5.91 Å². The van der Waals surface area contributed by atoms with Gasteiger partial charge in [0.1, 0.15) is 0 Å². The molecule has 0 aromatic heterocycles. The molecule has 2 rings (SSSR count). The minimum Gasteiger partial charge on any atom is -0.390 e. The average molecular weight is 263 g/mol. The van der Waals surface area contributed by atoms with Crippen molar-refractivity contribution in [1.82, 2.24) is 10.3 Å². The van der Waals surface area contributed by atoms with Crippen molar-refractivity contribution in [2.24, 2.45) is 5.84 Å². The van der Waals surface area contributed by atoms with Crippen molar-refractivity contribution in [2.75, 3.05) is 13.1 Å². The lowest BCUT2D eigenvalue weighted by Crippen LogP contribution is -2.42. The molecule has 19 heavy (non-hydrogen) atoms. The summed E-state index contributed by atoms with van der Waals surface area (Å²) >= 11 is 0. The molecule has 0 bridgehead atoms. The van der Waals surface area contributed by atoms with Crippen LogP contribution in [0.1, 0.15) is 35.7 Å². The molecule has 104 valence electrons. The first-order valence-electron chi connectivity index (χ1n) is 6.55. The maximum absolute atomic E-state index is 11.7. The number of aliphatic hydroxyl groups is 1. The van der Waals surface area contributed by atoms with E-state index >= 15 is 0 Å². The van der Waals surface area contributed by atoms with Crippen molar-refractivity contribution < 1.29 is 9.90 Å². The van der Waals surface area contributed by atoms with Gasteiger partial charge in [-0.15, -0.1) is 0 Å². The predicted octanol–water partition coefficient (Wildman–Crippen LogP) is 0.637. The van der Waals surface area contributed by atoms with E-state index in [4.69, 9.17) is 5.84 Å². The minimum absolute atomic E-state index is 0.264. The molecule has 5 heteroatoms. The number of hydrazine groups is 1. The van der Waals surface area contributed by atoms with E-state index in [1.165, 1.54) is 0 Å². The monoisotopic (exact) mass is 263 g/mol. The van der Waals surface area contributed by atoms with Crippen molar-refractivity contribution in [3.8, 4) is 0 Å². The molecule has 0 unspecified atom stereocenters. The Labute approximate surface area is 113 Å². The molecule has 1 amide bonds. The summed E-state index contributed by atoms with van der Waals surface area (Å²) in [4.78, 5) is 13.9.